The zero-order valence-electron chi connectivity index (χ0n) is 8.99. The molecule has 1 aromatic rings. The van der Waals surface area contributed by atoms with Gasteiger partial charge >= 0.3 is 0 Å². The molecule has 0 aliphatic carbocycles. The molecular formula is C12H13BrFNO. The van der Waals surface area contributed by atoms with Crippen LogP contribution in [0.15, 0.2) is 22.7 Å². The van der Waals surface area contributed by atoms with Crippen LogP contribution in [-0.2, 0) is 4.79 Å². The van der Waals surface area contributed by atoms with E-state index in [0.29, 0.717) is 13.0 Å². The summed E-state index contributed by atoms with van der Waals surface area (Å²) in [4.78, 5) is 12.4. The molecular weight excluding hydrogens is 273 g/mol. The summed E-state index contributed by atoms with van der Waals surface area (Å²) in [5, 5.41) is 0. The smallest absolute Gasteiger partial charge is 0.210 e. The van der Waals surface area contributed by atoms with Crippen molar-refractivity contribution >= 4 is 22.3 Å². The molecule has 0 saturated carbocycles. The highest BCUT2D eigenvalue weighted by atomic mass is 79.9. The molecule has 0 bridgehead atoms. The lowest BCUT2D eigenvalue weighted by Crippen LogP contribution is -2.25. The van der Waals surface area contributed by atoms with Crippen molar-refractivity contribution in [2.75, 3.05) is 6.54 Å². The van der Waals surface area contributed by atoms with Gasteiger partial charge in [-0.15, -0.1) is 0 Å². The topological polar surface area (TPSA) is 20.3 Å². The number of amides is 1. The Morgan fingerprint density at radius 3 is 2.94 bits per heavy atom. The highest BCUT2D eigenvalue weighted by Crippen LogP contribution is 2.35. The number of rotatable bonds is 2. The van der Waals surface area contributed by atoms with Crippen molar-refractivity contribution < 1.29 is 9.18 Å². The molecule has 0 radical (unpaired) electrons. The van der Waals surface area contributed by atoms with Gasteiger partial charge in [0.15, 0.2) is 0 Å². The molecule has 16 heavy (non-hydrogen) atoms. The lowest BCUT2D eigenvalue weighted by Gasteiger charge is -2.23. The second-order valence-corrected chi connectivity index (χ2v) is 5.01. The van der Waals surface area contributed by atoms with Crippen molar-refractivity contribution in [3.05, 3.63) is 33.8 Å². The number of likely N-dealkylation sites (tertiary alicyclic amines) is 1. The average Bonchev–Trinajstić information content (AvgIpc) is 2.60. The van der Waals surface area contributed by atoms with Gasteiger partial charge in [0.25, 0.3) is 0 Å². The third kappa shape index (κ3) is 1.98. The summed E-state index contributed by atoms with van der Waals surface area (Å²) in [6.07, 6.45) is 0.218. The fraction of sp³-hybridized carbons (Fsp3) is 0.417. The van der Waals surface area contributed by atoms with Gasteiger partial charge in [0, 0.05) is 11.0 Å². The quantitative estimate of drug-likeness (QED) is 0.765. The molecule has 1 amide bonds. The molecule has 4 heteroatoms. The van der Waals surface area contributed by atoms with Gasteiger partial charge in [-0.05, 0) is 36.6 Å². The Morgan fingerprint density at radius 2 is 2.31 bits per heavy atom. The Labute approximate surface area is 103 Å². The van der Waals surface area contributed by atoms with Crippen molar-refractivity contribution in [3.8, 4) is 0 Å². The van der Waals surface area contributed by atoms with Crippen LogP contribution in [0.3, 0.4) is 0 Å². The van der Waals surface area contributed by atoms with Crippen LogP contribution in [0.4, 0.5) is 4.39 Å². The minimum Gasteiger partial charge on any atom is -0.335 e. The van der Waals surface area contributed by atoms with E-state index in [1.54, 1.807) is 4.90 Å². The van der Waals surface area contributed by atoms with Crippen LogP contribution in [0.5, 0.6) is 0 Å². The summed E-state index contributed by atoms with van der Waals surface area (Å²) in [6, 6.07) is 5.31. The number of carbonyl (C=O) groups excluding carboxylic acids is 1. The predicted octanol–water partition coefficient (Wildman–Crippen LogP) is 3.00. The van der Waals surface area contributed by atoms with E-state index in [2.05, 4.69) is 15.9 Å². The number of alkyl halides is 1. The monoisotopic (exact) mass is 285 g/mol. The predicted molar refractivity (Wildman–Crippen MR) is 63.9 cm³/mol. The maximum atomic E-state index is 13.8. The molecule has 0 aromatic heterocycles. The number of hydrogen-bond donors (Lipinski definition) is 0. The van der Waals surface area contributed by atoms with Crippen molar-refractivity contribution in [2.24, 2.45) is 0 Å². The molecule has 1 fully saturated rings. The van der Waals surface area contributed by atoms with Crippen LogP contribution in [0, 0.1) is 6.92 Å². The fourth-order valence-electron chi connectivity index (χ4n) is 2.24. The Bertz CT molecular complexity index is 410. The minimum atomic E-state index is -0.954. The number of benzene rings is 1. The molecule has 2 rings (SSSR count). The van der Waals surface area contributed by atoms with Gasteiger partial charge in [0.2, 0.25) is 6.41 Å². The molecule has 1 aromatic carbocycles. The molecule has 1 unspecified atom stereocenters. The van der Waals surface area contributed by atoms with Gasteiger partial charge in [-0.1, -0.05) is 22.0 Å². The van der Waals surface area contributed by atoms with Crippen molar-refractivity contribution in [1.82, 2.24) is 4.90 Å². The van der Waals surface area contributed by atoms with E-state index in [4.69, 9.17) is 0 Å². The Morgan fingerprint density at radius 1 is 1.56 bits per heavy atom. The first-order valence-corrected chi connectivity index (χ1v) is 6.04. The van der Waals surface area contributed by atoms with Gasteiger partial charge in [-0.25, -0.2) is 4.39 Å². The number of halogens is 2. The van der Waals surface area contributed by atoms with E-state index in [9.17, 15) is 9.18 Å². The van der Waals surface area contributed by atoms with Crippen molar-refractivity contribution in [1.29, 1.82) is 0 Å². The fourth-order valence-corrected chi connectivity index (χ4v) is 2.72. The van der Waals surface area contributed by atoms with E-state index in [0.717, 1.165) is 22.0 Å². The average molecular weight is 286 g/mol. The van der Waals surface area contributed by atoms with E-state index < -0.39 is 12.2 Å². The number of aryl methyl sites for hydroxylation is 1. The number of hydrogen-bond acceptors (Lipinski definition) is 1. The first-order chi connectivity index (χ1) is 7.63. The molecule has 86 valence electrons. The van der Waals surface area contributed by atoms with Crippen LogP contribution >= 0.6 is 15.9 Å². The molecule has 2 nitrogen and oxygen atoms in total. The molecule has 0 spiro atoms. The Hall–Kier alpha value is -0.900. The van der Waals surface area contributed by atoms with Crippen LogP contribution in [0.1, 0.15) is 23.6 Å². The molecule has 0 N–H and O–H groups in total. The standard InChI is InChI=1S/C12H13BrFNO/c1-8-6-9(13)2-3-10(8)12-11(14)4-5-15(12)7-16/h2-3,6-7,11-12H,4-5H2,1H3/t11-,12?/m1/s1. The SMILES string of the molecule is Cc1cc(Br)ccc1C1[C@H](F)CCN1C=O. The van der Waals surface area contributed by atoms with Crippen LogP contribution < -0.4 is 0 Å². The maximum Gasteiger partial charge on any atom is 0.210 e. The van der Waals surface area contributed by atoms with Crippen LogP contribution in [0.25, 0.3) is 0 Å². The van der Waals surface area contributed by atoms with Gasteiger partial charge in [0.1, 0.15) is 6.17 Å². The maximum absolute atomic E-state index is 13.8. The summed E-state index contributed by atoms with van der Waals surface area (Å²) in [5.74, 6) is 0. The van der Waals surface area contributed by atoms with Crippen LogP contribution in [0.2, 0.25) is 0 Å². The lowest BCUT2D eigenvalue weighted by atomic mass is 9.98. The summed E-state index contributed by atoms with van der Waals surface area (Å²) >= 11 is 3.38. The summed E-state index contributed by atoms with van der Waals surface area (Å²) in [7, 11) is 0. The first-order valence-electron chi connectivity index (χ1n) is 5.24. The zero-order chi connectivity index (χ0) is 11.7. The van der Waals surface area contributed by atoms with E-state index in [1.165, 1.54) is 0 Å². The van der Waals surface area contributed by atoms with Crippen molar-refractivity contribution in [3.63, 3.8) is 0 Å². The summed E-state index contributed by atoms with van der Waals surface area (Å²) < 4.78 is 14.8. The van der Waals surface area contributed by atoms with Gasteiger partial charge in [0.05, 0.1) is 6.04 Å². The van der Waals surface area contributed by atoms with E-state index in [-0.39, 0.29) is 0 Å². The molecule has 2 atom stereocenters. The Balaban J connectivity index is 2.38. The molecule has 1 heterocycles. The van der Waals surface area contributed by atoms with Crippen LogP contribution in [-0.4, -0.2) is 24.0 Å². The van der Waals surface area contributed by atoms with Gasteiger partial charge in [-0.2, -0.15) is 0 Å². The number of nitrogens with zero attached hydrogens (tertiary/aromatic N) is 1. The van der Waals surface area contributed by atoms with E-state index in [1.807, 2.05) is 25.1 Å². The third-order valence-corrected chi connectivity index (χ3v) is 3.54. The molecule has 1 aliphatic rings. The molecule has 1 saturated heterocycles. The summed E-state index contributed by atoms with van der Waals surface area (Å²) in [6.45, 7) is 2.44. The normalized spacial score (nSPS) is 24.8. The lowest BCUT2D eigenvalue weighted by molar-refractivity contribution is -0.119. The highest BCUT2D eigenvalue weighted by Gasteiger charge is 2.35. The minimum absolute atomic E-state index is 0.411. The summed E-state index contributed by atoms with van der Waals surface area (Å²) in [5.41, 5.74) is 1.91. The third-order valence-electron chi connectivity index (χ3n) is 3.05. The first kappa shape index (κ1) is 11.6. The molecule has 1 aliphatic heterocycles. The van der Waals surface area contributed by atoms with E-state index >= 15 is 0 Å². The Kier molecular flexibility index (Phi) is 3.28. The number of carbonyl (C=O) groups is 1. The highest BCUT2D eigenvalue weighted by molar-refractivity contribution is 9.10. The zero-order valence-corrected chi connectivity index (χ0v) is 10.6. The largest absolute Gasteiger partial charge is 0.335 e. The van der Waals surface area contributed by atoms with Gasteiger partial charge < -0.3 is 4.90 Å². The van der Waals surface area contributed by atoms with Gasteiger partial charge in [-0.3, -0.25) is 4.79 Å². The van der Waals surface area contributed by atoms with Crippen molar-refractivity contribution in [2.45, 2.75) is 25.6 Å². The second kappa shape index (κ2) is 4.53. The second-order valence-electron chi connectivity index (χ2n) is 4.09.